The van der Waals surface area contributed by atoms with Crippen LogP contribution in [-0.2, 0) is 6.42 Å². The van der Waals surface area contributed by atoms with Crippen LogP contribution in [0.3, 0.4) is 0 Å². The van der Waals surface area contributed by atoms with Crippen LogP contribution in [0.2, 0.25) is 0 Å². The van der Waals surface area contributed by atoms with Crippen molar-refractivity contribution in [1.82, 2.24) is 0 Å². The van der Waals surface area contributed by atoms with E-state index in [1.165, 1.54) is 76.2 Å². The van der Waals surface area contributed by atoms with E-state index in [-0.39, 0.29) is 0 Å². The van der Waals surface area contributed by atoms with Gasteiger partial charge in [-0.15, -0.1) is 0 Å². The van der Waals surface area contributed by atoms with E-state index in [1.807, 2.05) is 0 Å². The Labute approximate surface area is 133 Å². The van der Waals surface area contributed by atoms with Gasteiger partial charge in [0.1, 0.15) is 0 Å². The molecule has 0 aliphatic heterocycles. The normalized spacial score (nSPS) is 11.8. The molecule has 0 aliphatic rings. The van der Waals surface area contributed by atoms with Gasteiger partial charge in [-0.05, 0) is 23.8 Å². The first-order valence-corrected chi connectivity index (χ1v) is 9.18. The zero-order valence-corrected chi connectivity index (χ0v) is 14.7. The van der Waals surface area contributed by atoms with Crippen molar-refractivity contribution in [2.24, 2.45) is 5.41 Å². The van der Waals surface area contributed by atoms with Crippen molar-refractivity contribution in [2.45, 2.75) is 91.4 Å². The molecule has 0 saturated carbocycles. The van der Waals surface area contributed by atoms with Crippen LogP contribution < -0.4 is 0 Å². The average molecular weight is 289 g/mol. The molecule has 21 heavy (non-hydrogen) atoms. The van der Waals surface area contributed by atoms with Gasteiger partial charge in [-0.25, -0.2) is 0 Å². The maximum atomic E-state index is 2.42. The number of rotatable bonds is 12. The monoisotopic (exact) mass is 288 g/mol. The largest absolute Gasteiger partial charge is 0.0654 e. The maximum Gasteiger partial charge on any atom is -0.0227 e. The molecular weight excluding hydrogens is 252 g/mol. The third kappa shape index (κ3) is 9.72. The minimum Gasteiger partial charge on any atom is -0.0654 e. The van der Waals surface area contributed by atoms with E-state index in [4.69, 9.17) is 0 Å². The van der Waals surface area contributed by atoms with E-state index < -0.39 is 0 Å². The highest BCUT2D eigenvalue weighted by Gasteiger charge is 2.17. The Kier molecular flexibility index (Phi) is 9.46. The second-order valence-electron chi connectivity index (χ2n) is 7.41. The Morgan fingerprint density at radius 2 is 1.24 bits per heavy atom. The minimum absolute atomic E-state index is 0.447. The number of hydrogen-bond donors (Lipinski definition) is 0. The summed E-state index contributed by atoms with van der Waals surface area (Å²) in [7, 11) is 0. The standard InChI is InChI=1S/C21H36/c1-4-5-6-7-8-9-10-11-15-18-21(2,3)19-20-16-13-12-14-17-20/h12-14,16-17H,4-11,15,18-19H2,1-3H3. The Morgan fingerprint density at radius 1 is 0.714 bits per heavy atom. The highest BCUT2D eigenvalue weighted by atomic mass is 14.2. The summed E-state index contributed by atoms with van der Waals surface area (Å²) in [4.78, 5) is 0. The van der Waals surface area contributed by atoms with Crippen LogP contribution >= 0.6 is 0 Å². The number of benzene rings is 1. The molecule has 0 nitrogen and oxygen atoms in total. The molecule has 0 atom stereocenters. The van der Waals surface area contributed by atoms with Crippen molar-refractivity contribution in [2.75, 3.05) is 0 Å². The van der Waals surface area contributed by atoms with E-state index in [0.717, 1.165) is 0 Å². The van der Waals surface area contributed by atoms with Gasteiger partial charge in [-0.1, -0.05) is 109 Å². The molecule has 1 aromatic rings. The third-order valence-corrected chi connectivity index (χ3v) is 4.48. The van der Waals surface area contributed by atoms with Crippen molar-refractivity contribution in [1.29, 1.82) is 0 Å². The summed E-state index contributed by atoms with van der Waals surface area (Å²) < 4.78 is 0. The van der Waals surface area contributed by atoms with Crippen LogP contribution in [0.4, 0.5) is 0 Å². The predicted molar refractivity (Wildman–Crippen MR) is 95.8 cm³/mol. The van der Waals surface area contributed by atoms with E-state index in [2.05, 4.69) is 51.1 Å². The lowest BCUT2D eigenvalue weighted by atomic mass is 9.81. The molecule has 0 unspecified atom stereocenters. The number of hydrogen-bond acceptors (Lipinski definition) is 0. The van der Waals surface area contributed by atoms with Crippen molar-refractivity contribution in [3.63, 3.8) is 0 Å². The molecule has 0 heterocycles. The van der Waals surface area contributed by atoms with Crippen molar-refractivity contribution in [3.8, 4) is 0 Å². The Balaban J connectivity index is 2.03. The fraction of sp³-hybridized carbons (Fsp3) is 0.714. The van der Waals surface area contributed by atoms with E-state index in [9.17, 15) is 0 Å². The molecule has 0 heteroatoms. The quantitative estimate of drug-likeness (QED) is 0.357. The van der Waals surface area contributed by atoms with Gasteiger partial charge in [0.15, 0.2) is 0 Å². The molecule has 120 valence electrons. The summed E-state index contributed by atoms with van der Waals surface area (Å²) in [6.07, 6.45) is 15.4. The van der Waals surface area contributed by atoms with Crippen LogP contribution in [0, 0.1) is 5.41 Å². The molecule has 1 rings (SSSR count). The van der Waals surface area contributed by atoms with Crippen molar-refractivity contribution < 1.29 is 0 Å². The molecule has 0 aromatic heterocycles. The first-order chi connectivity index (χ1) is 10.1. The van der Waals surface area contributed by atoms with Crippen LogP contribution in [-0.4, -0.2) is 0 Å². The molecular formula is C21H36. The Bertz CT molecular complexity index is 336. The van der Waals surface area contributed by atoms with Gasteiger partial charge in [-0.2, -0.15) is 0 Å². The SMILES string of the molecule is CCCCCCCCCCCC(C)(C)Cc1ccccc1. The molecule has 0 N–H and O–H groups in total. The molecule has 0 spiro atoms. The lowest BCUT2D eigenvalue weighted by Crippen LogP contribution is -2.14. The lowest BCUT2D eigenvalue weighted by Gasteiger charge is -2.24. The summed E-state index contributed by atoms with van der Waals surface area (Å²) in [5, 5.41) is 0. The lowest BCUT2D eigenvalue weighted by molar-refractivity contribution is 0.316. The topological polar surface area (TPSA) is 0 Å². The molecule has 0 fully saturated rings. The predicted octanol–water partition coefficient (Wildman–Crippen LogP) is 7.18. The zero-order valence-electron chi connectivity index (χ0n) is 14.7. The summed E-state index contributed by atoms with van der Waals surface area (Å²) in [6.45, 7) is 7.13. The van der Waals surface area contributed by atoms with Gasteiger partial charge in [0, 0.05) is 0 Å². The first kappa shape index (κ1) is 18.3. The van der Waals surface area contributed by atoms with Gasteiger partial charge in [0.2, 0.25) is 0 Å². The van der Waals surface area contributed by atoms with Crippen molar-refractivity contribution >= 4 is 0 Å². The minimum atomic E-state index is 0.447. The van der Waals surface area contributed by atoms with Crippen LogP contribution in [0.5, 0.6) is 0 Å². The Morgan fingerprint density at radius 3 is 1.81 bits per heavy atom. The van der Waals surface area contributed by atoms with Gasteiger partial charge >= 0.3 is 0 Å². The van der Waals surface area contributed by atoms with Gasteiger partial charge in [0.05, 0.1) is 0 Å². The van der Waals surface area contributed by atoms with E-state index in [1.54, 1.807) is 0 Å². The van der Waals surface area contributed by atoms with Gasteiger partial charge in [-0.3, -0.25) is 0 Å². The molecule has 1 aromatic carbocycles. The second-order valence-corrected chi connectivity index (χ2v) is 7.41. The van der Waals surface area contributed by atoms with E-state index in [0.29, 0.717) is 5.41 Å². The molecule has 0 amide bonds. The molecule has 0 aliphatic carbocycles. The molecule has 0 bridgehead atoms. The fourth-order valence-corrected chi connectivity index (χ4v) is 3.15. The first-order valence-electron chi connectivity index (χ1n) is 9.18. The van der Waals surface area contributed by atoms with Crippen LogP contribution in [0.25, 0.3) is 0 Å². The van der Waals surface area contributed by atoms with Gasteiger partial charge in [0.25, 0.3) is 0 Å². The third-order valence-electron chi connectivity index (χ3n) is 4.48. The number of unbranched alkanes of at least 4 members (excludes halogenated alkanes) is 8. The van der Waals surface area contributed by atoms with E-state index >= 15 is 0 Å². The van der Waals surface area contributed by atoms with Crippen molar-refractivity contribution in [3.05, 3.63) is 35.9 Å². The van der Waals surface area contributed by atoms with Crippen LogP contribution in [0.15, 0.2) is 30.3 Å². The highest BCUT2D eigenvalue weighted by Crippen LogP contribution is 2.28. The summed E-state index contributed by atoms with van der Waals surface area (Å²) in [5.41, 5.74) is 1.93. The Hall–Kier alpha value is -0.780. The molecule has 0 radical (unpaired) electrons. The summed E-state index contributed by atoms with van der Waals surface area (Å²) >= 11 is 0. The average Bonchev–Trinajstić information content (AvgIpc) is 2.46. The zero-order chi connectivity index (χ0) is 15.4. The second kappa shape index (κ2) is 10.9. The maximum absolute atomic E-state index is 2.42. The fourth-order valence-electron chi connectivity index (χ4n) is 3.15. The smallest absolute Gasteiger partial charge is 0.0227 e. The highest BCUT2D eigenvalue weighted by molar-refractivity contribution is 5.16. The summed E-state index contributed by atoms with van der Waals surface area (Å²) in [5.74, 6) is 0. The molecule has 0 saturated heterocycles. The summed E-state index contributed by atoms with van der Waals surface area (Å²) in [6, 6.07) is 10.9. The van der Waals surface area contributed by atoms with Gasteiger partial charge < -0.3 is 0 Å². The van der Waals surface area contributed by atoms with Crippen LogP contribution in [0.1, 0.15) is 90.5 Å².